The zero-order valence-corrected chi connectivity index (χ0v) is 19.4. The van der Waals surface area contributed by atoms with Crippen LogP contribution in [0.25, 0.3) is 10.8 Å². The van der Waals surface area contributed by atoms with Crippen LogP contribution >= 0.6 is 0 Å². The molecule has 6 heteroatoms. The summed E-state index contributed by atoms with van der Waals surface area (Å²) in [6.07, 6.45) is 2.57. The van der Waals surface area contributed by atoms with Gasteiger partial charge in [-0.05, 0) is 49.1 Å². The van der Waals surface area contributed by atoms with Crippen LogP contribution in [0.2, 0.25) is 0 Å². The summed E-state index contributed by atoms with van der Waals surface area (Å²) in [5.41, 5.74) is 1.20. The zero-order valence-electron chi connectivity index (χ0n) is 19.4. The molecule has 0 spiro atoms. The Bertz CT molecular complexity index is 936. The van der Waals surface area contributed by atoms with E-state index in [1.807, 2.05) is 18.7 Å². The Morgan fingerprint density at radius 2 is 1.75 bits per heavy atom. The second-order valence-corrected chi connectivity index (χ2v) is 9.51. The third-order valence-corrected chi connectivity index (χ3v) is 6.70. The van der Waals surface area contributed by atoms with Crippen molar-refractivity contribution >= 4 is 22.6 Å². The molecule has 172 valence electrons. The van der Waals surface area contributed by atoms with Crippen molar-refractivity contribution in [3.05, 3.63) is 48.0 Å². The number of piperazine rings is 1. The van der Waals surface area contributed by atoms with Gasteiger partial charge in [0.1, 0.15) is 0 Å². The minimum atomic E-state index is 0.109. The maximum atomic E-state index is 12.8. The molecule has 2 aromatic rings. The highest BCUT2D eigenvalue weighted by atomic mass is 16.2. The Labute approximate surface area is 191 Å². The van der Waals surface area contributed by atoms with E-state index in [9.17, 15) is 9.59 Å². The van der Waals surface area contributed by atoms with Crippen molar-refractivity contribution in [2.75, 3.05) is 39.3 Å². The number of carbonyl (C=O) groups is 2. The molecular weight excluding hydrogens is 400 g/mol. The van der Waals surface area contributed by atoms with Gasteiger partial charge < -0.3 is 10.2 Å². The number of fused-ring (bicyclic) bond motifs is 1. The van der Waals surface area contributed by atoms with Gasteiger partial charge in [-0.1, -0.05) is 36.4 Å². The standard InChI is InChI=1S/C26H36N4O2/c1-20(2)27-25(31)19-28-13-15-29(16-14-28)24-9-10-26(32)30(12-11-24)18-21-7-8-22-5-3-4-6-23(22)17-21/h3-8,17,20,24H,9-16,18-19H2,1-2H3,(H,27,31)/t24-/m0/s1. The van der Waals surface area contributed by atoms with Crippen molar-refractivity contribution in [2.24, 2.45) is 0 Å². The van der Waals surface area contributed by atoms with Crippen molar-refractivity contribution in [1.29, 1.82) is 0 Å². The van der Waals surface area contributed by atoms with Gasteiger partial charge in [-0.15, -0.1) is 0 Å². The van der Waals surface area contributed by atoms with Gasteiger partial charge in [-0.25, -0.2) is 0 Å². The van der Waals surface area contributed by atoms with Crippen LogP contribution in [0.3, 0.4) is 0 Å². The first kappa shape index (κ1) is 22.7. The number of rotatable bonds is 6. The number of amides is 2. The number of carbonyl (C=O) groups excluding carboxylic acids is 2. The van der Waals surface area contributed by atoms with Crippen LogP contribution in [-0.2, 0) is 16.1 Å². The molecule has 2 amide bonds. The highest BCUT2D eigenvalue weighted by molar-refractivity contribution is 5.83. The lowest BCUT2D eigenvalue weighted by Gasteiger charge is -2.38. The molecular formula is C26H36N4O2. The lowest BCUT2D eigenvalue weighted by molar-refractivity contribution is -0.131. The van der Waals surface area contributed by atoms with Crippen LogP contribution in [0.15, 0.2) is 42.5 Å². The van der Waals surface area contributed by atoms with E-state index in [0.717, 1.165) is 45.6 Å². The molecule has 2 fully saturated rings. The Balaban J connectivity index is 1.28. The highest BCUT2D eigenvalue weighted by Gasteiger charge is 2.29. The summed E-state index contributed by atoms with van der Waals surface area (Å²) < 4.78 is 0. The molecule has 1 atom stereocenters. The Morgan fingerprint density at radius 3 is 2.50 bits per heavy atom. The van der Waals surface area contributed by atoms with Crippen molar-refractivity contribution in [3.8, 4) is 0 Å². The predicted octanol–water partition coefficient (Wildman–Crippen LogP) is 2.86. The van der Waals surface area contributed by atoms with E-state index >= 15 is 0 Å². The monoisotopic (exact) mass is 436 g/mol. The lowest BCUT2D eigenvalue weighted by Crippen LogP contribution is -2.52. The van der Waals surface area contributed by atoms with Gasteiger partial charge in [0.25, 0.3) is 0 Å². The van der Waals surface area contributed by atoms with Gasteiger partial charge in [0, 0.05) is 57.8 Å². The van der Waals surface area contributed by atoms with Crippen LogP contribution in [0, 0.1) is 0 Å². The maximum absolute atomic E-state index is 12.8. The highest BCUT2D eigenvalue weighted by Crippen LogP contribution is 2.22. The maximum Gasteiger partial charge on any atom is 0.234 e. The van der Waals surface area contributed by atoms with Crippen LogP contribution in [-0.4, -0.2) is 77.9 Å². The van der Waals surface area contributed by atoms with E-state index < -0.39 is 0 Å². The molecule has 6 nitrogen and oxygen atoms in total. The third kappa shape index (κ3) is 5.87. The summed E-state index contributed by atoms with van der Waals surface area (Å²) in [6, 6.07) is 15.5. The fraction of sp³-hybridized carbons (Fsp3) is 0.538. The molecule has 2 aliphatic rings. The van der Waals surface area contributed by atoms with E-state index in [2.05, 4.69) is 57.6 Å². The largest absolute Gasteiger partial charge is 0.353 e. The molecule has 2 aromatic carbocycles. The zero-order chi connectivity index (χ0) is 22.5. The Hall–Kier alpha value is -2.44. The fourth-order valence-electron chi connectivity index (χ4n) is 4.97. The first-order chi connectivity index (χ1) is 15.5. The molecule has 2 aliphatic heterocycles. The molecule has 32 heavy (non-hydrogen) atoms. The summed E-state index contributed by atoms with van der Waals surface area (Å²) in [4.78, 5) is 31.7. The molecule has 2 saturated heterocycles. The molecule has 2 heterocycles. The summed E-state index contributed by atoms with van der Waals surface area (Å²) in [6.45, 7) is 9.74. The molecule has 0 aromatic heterocycles. The topological polar surface area (TPSA) is 55.9 Å². The van der Waals surface area contributed by atoms with E-state index in [1.165, 1.54) is 16.3 Å². The quantitative estimate of drug-likeness (QED) is 0.757. The number of benzene rings is 2. The third-order valence-electron chi connectivity index (χ3n) is 6.70. The van der Waals surface area contributed by atoms with Crippen LogP contribution in [0.1, 0.15) is 38.7 Å². The van der Waals surface area contributed by atoms with Crippen LogP contribution in [0.5, 0.6) is 0 Å². The number of likely N-dealkylation sites (tertiary alicyclic amines) is 1. The average molecular weight is 437 g/mol. The lowest BCUT2D eigenvalue weighted by atomic mass is 10.1. The van der Waals surface area contributed by atoms with E-state index in [4.69, 9.17) is 0 Å². The molecule has 4 rings (SSSR count). The number of hydrogen-bond donors (Lipinski definition) is 1. The SMILES string of the molecule is CC(C)NC(=O)CN1CCN([C@H]2CCC(=O)N(Cc3ccc4ccccc4c3)CC2)CC1. The van der Waals surface area contributed by atoms with Gasteiger partial charge in [0.2, 0.25) is 11.8 Å². The Kier molecular flexibility index (Phi) is 7.43. The summed E-state index contributed by atoms with van der Waals surface area (Å²) in [7, 11) is 0. The van der Waals surface area contributed by atoms with Gasteiger partial charge in [0.05, 0.1) is 6.54 Å². The minimum Gasteiger partial charge on any atom is -0.353 e. The summed E-state index contributed by atoms with van der Waals surface area (Å²) in [5, 5.41) is 5.44. The first-order valence-electron chi connectivity index (χ1n) is 12.0. The van der Waals surface area contributed by atoms with Gasteiger partial charge in [0.15, 0.2) is 0 Å². The predicted molar refractivity (Wildman–Crippen MR) is 128 cm³/mol. The first-order valence-corrected chi connectivity index (χ1v) is 12.0. The van der Waals surface area contributed by atoms with Crippen molar-refractivity contribution in [3.63, 3.8) is 0 Å². The van der Waals surface area contributed by atoms with E-state index in [-0.39, 0.29) is 17.9 Å². The van der Waals surface area contributed by atoms with Crippen LogP contribution < -0.4 is 5.32 Å². The normalized spacial score (nSPS) is 21.2. The summed E-state index contributed by atoms with van der Waals surface area (Å²) in [5.74, 6) is 0.377. The number of hydrogen-bond acceptors (Lipinski definition) is 4. The molecule has 0 aliphatic carbocycles. The van der Waals surface area contributed by atoms with Crippen LogP contribution in [0.4, 0.5) is 0 Å². The molecule has 0 bridgehead atoms. The molecule has 0 unspecified atom stereocenters. The smallest absolute Gasteiger partial charge is 0.234 e. The van der Waals surface area contributed by atoms with Gasteiger partial charge in [-0.2, -0.15) is 0 Å². The van der Waals surface area contributed by atoms with Gasteiger partial charge in [-0.3, -0.25) is 19.4 Å². The number of nitrogens with zero attached hydrogens (tertiary/aromatic N) is 3. The van der Waals surface area contributed by atoms with Crippen molar-refractivity contribution in [1.82, 2.24) is 20.0 Å². The fourth-order valence-corrected chi connectivity index (χ4v) is 4.97. The van der Waals surface area contributed by atoms with E-state index in [1.54, 1.807) is 0 Å². The van der Waals surface area contributed by atoms with Crippen molar-refractivity contribution in [2.45, 2.75) is 51.7 Å². The number of nitrogens with one attached hydrogen (secondary N) is 1. The molecule has 1 N–H and O–H groups in total. The van der Waals surface area contributed by atoms with E-state index in [0.29, 0.717) is 25.6 Å². The molecule has 0 radical (unpaired) electrons. The second kappa shape index (κ2) is 10.5. The van der Waals surface area contributed by atoms with Crippen molar-refractivity contribution < 1.29 is 9.59 Å². The minimum absolute atomic E-state index is 0.109. The van der Waals surface area contributed by atoms with Gasteiger partial charge >= 0.3 is 0 Å². The Morgan fingerprint density at radius 1 is 1.00 bits per heavy atom. The summed E-state index contributed by atoms with van der Waals surface area (Å²) >= 11 is 0. The average Bonchev–Trinajstić information content (AvgIpc) is 2.95. The molecule has 0 saturated carbocycles. The second-order valence-electron chi connectivity index (χ2n) is 9.51.